The molecule has 64 heavy (non-hydrogen) atoms. The Balaban J connectivity index is 1.25. The normalized spacial score (nSPS) is 28.4. The van der Waals surface area contributed by atoms with E-state index in [1.165, 1.54) is 18.1 Å². The zero-order valence-electron chi connectivity index (χ0n) is 38.4. The molecule has 2 aromatic rings. The Morgan fingerprint density at radius 1 is 1.09 bits per heavy atom. The molecule has 17 heteroatoms. The molecule has 0 radical (unpaired) electrons. The van der Waals surface area contributed by atoms with Crippen LogP contribution in [0.25, 0.3) is 10.9 Å². The second kappa shape index (κ2) is 19.2. The van der Waals surface area contributed by atoms with E-state index in [1.54, 1.807) is 0 Å². The first-order valence-corrected chi connectivity index (χ1v) is 24.6. The number of rotatable bonds is 13. The van der Waals surface area contributed by atoms with E-state index >= 15 is 0 Å². The van der Waals surface area contributed by atoms with Gasteiger partial charge in [0.2, 0.25) is 27.7 Å². The molecule has 1 aromatic carbocycles. The summed E-state index contributed by atoms with van der Waals surface area (Å²) in [6, 6.07) is 5.48. The first-order valence-electron chi connectivity index (χ1n) is 23.1. The third kappa shape index (κ3) is 10.0. The number of ether oxygens (including phenoxy) is 4. The molecule has 3 heterocycles. The van der Waals surface area contributed by atoms with Crippen LogP contribution in [-0.4, -0.2) is 129 Å². The number of pyridine rings is 1. The lowest BCUT2D eigenvalue weighted by atomic mass is 9.85. The monoisotopic (exact) mass is 908 g/mol. The fraction of sp³-hybridized carbons (Fsp3) is 0.681. The SMILES string of the molecule is C=CC1C[C@]1(NC(=O)[C@@H]1C[C@@H]2CN1C(=O)[C@H](C(C)(C)C)NC(=O)O[C@@H]1CCC[C@H]1CCCCCc1c(nc3ccccc3c1OCCN(C)CC)O2)C(=O)NS(=O)(=O)C1(COC)CC1. The Morgan fingerprint density at radius 3 is 2.53 bits per heavy atom. The van der Waals surface area contributed by atoms with Gasteiger partial charge in [-0.1, -0.05) is 58.7 Å². The van der Waals surface area contributed by atoms with Crippen molar-refractivity contribution in [3.8, 4) is 11.6 Å². The van der Waals surface area contributed by atoms with Gasteiger partial charge in [0.1, 0.15) is 46.9 Å². The highest BCUT2D eigenvalue weighted by atomic mass is 32.2. The van der Waals surface area contributed by atoms with E-state index in [0.29, 0.717) is 49.6 Å². The van der Waals surface area contributed by atoms with Crippen molar-refractivity contribution in [2.45, 2.75) is 139 Å². The van der Waals surface area contributed by atoms with Crippen molar-refractivity contribution in [1.82, 2.24) is 30.1 Å². The average Bonchev–Trinajstić information content (AvgIpc) is 4.09. The van der Waals surface area contributed by atoms with Crippen molar-refractivity contribution in [1.29, 1.82) is 0 Å². The highest BCUT2D eigenvalue weighted by molar-refractivity contribution is 7.91. The van der Waals surface area contributed by atoms with Gasteiger partial charge in [-0.25, -0.2) is 18.2 Å². The summed E-state index contributed by atoms with van der Waals surface area (Å²) in [7, 11) is -0.715. The standard InChI is InChI=1S/C47H68N6O10S/c1-8-31-27-47(31,43(56)51-64(58,59)46(22-23-46)29-60-7)50-40(54)36-26-32-28-53(36)42(55)39(45(3,4)5)49-44(57)63-37-21-15-17-30(37)16-11-10-12-19-34-38(61-25-24-52(6)9-2)33-18-13-14-20-35(33)48-41(34)62-32/h8,13-14,18,20,30-32,36-37,39H,1,9-12,15-17,19,21-29H2,2-7H3,(H,49,57)(H,50,54)(H,51,56)/t30-,31?,32-,36+,37-,39-,47-/m1/s1. The summed E-state index contributed by atoms with van der Waals surface area (Å²) in [4.78, 5) is 66.1. The van der Waals surface area contributed by atoms with Crippen LogP contribution in [0.5, 0.6) is 11.6 Å². The topological polar surface area (TPSA) is 195 Å². The van der Waals surface area contributed by atoms with Gasteiger partial charge in [0.15, 0.2) is 0 Å². The van der Waals surface area contributed by atoms with Crippen molar-refractivity contribution < 1.29 is 46.5 Å². The van der Waals surface area contributed by atoms with E-state index in [1.807, 2.05) is 52.1 Å². The van der Waals surface area contributed by atoms with Gasteiger partial charge in [-0.05, 0) is 94.8 Å². The number of benzene rings is 1. The van der Waals surface area contributed by atoms with Crippen molar-refractivity contribution in [3.63, 3.8) is 0 Å². The summed E-state index contributed by atoms with van der Waals surface area (Å²) in [6.07, 6.45) is 7.46. The van der Waals surface area contributed by atoms with Gasteiger partial charge in [0, 0.05) is 31.4 Å². The number of nitrogens with zero attached hydrogens (tertiary/aromatic N) is 3. The molecule has 2 bridgehead atoms. The molecular formula is C47H68N6O10S. The highest BCUT2D eigenvalue weighted by Gasteiger charge is 2.64. The minimum Gasteiger partial charge on any atom is -0.491 e. The van der Waals surface area contributed by atoms with Gasteiger partial charge in [-0.15, -0.1) is 6.58 Å². The number of amides is 4. The summed E-state index contributed by atoms with van der Waals surface area (Å²) < 4.78 is 52.7. The third-order valence-electron chi connectivity index (χ3n) is 14.1. The maximum absolute atomic E-state index is 15.0. The number of hydrogen-bond acceptors (Lipinski definition) is 12. The molecule has 4 fully saturated rings. The summed E-state index contributed by atoms with van der Waals surface area (Å²) in [6.45, 7) is 13.3. The Bertz CT molecular complexity index is 2190. The molecule has 1 aromatic heterocycles. The van der Waals surface area contributed by atoms with Crippen LogP contribution in [0.4, 0.5) is 4.79 Å². The van der Waals surface area contributed by atoms with E-state index in [9.17, 15) is 27.6 Å². The van der Waals surface area contributed by atoms with Crippen molar-refractivity contribution in [2.75, 3.05) is 47.0 Å². The van der Waals surface area contributed by atoms with Crippen LogP contribution in [-0.2, 0) is 40.3 Å². The summed E-state index contributed by atoms with van der Waals surface area (Å²) in [5.74, 6) is -1.37. The number of sulfonamides is 1. The predicted octanol–water partition coefficient (Wildman–Crippen LogP) is 5.03. The molecule has 352 valence electrons. The lowest BCUT2D eigenvalue weighted by molar-refractivity contribution is -0.143. The number of carbonyl (C=O) groups excluding carboxylic acids is 4. The number of hydrogen-bond donors (Lipinski definition) is 3. The van der Waals surface area contributed by atoms with Crippen LogP contribution in [0, 0.1) is 17.3 Å². The summed E-state index contributed by atoms with van der Waals surface area (Å²) >= 11 is 0. The second-order valence-corrected chi connectivity index (χ2v) is 21.8. The third-order valence-corrected chi connectivity index (χ3v) is 16.2. The lowest BCUT2D eigenvalue weighted by Gasteiger charge is -2.35. The van der Waals surface area contributed by atoms with Crippen LogP contribution in [0.15, 0.2) is 36.9 Å². The second-order valence-electron chi connectivity index (χ2n) is 19.7. The predicted molar refractivity (Wildman–Crippen MR) is 241 cm³/mol. The van der Waals surface area contributed by atoms with Gasteiger partial charge in [-0.3, -0.25) is 19.1 Å². The number of aromatic nitrogens is 1. The van der Waals surface area contributed by atoms with Gasteiger partial charge in [-0.2, -0.15) is 0 Å². The molecule has 2 aliphatic heterocycles. The molecule has 3 aliphatic carbocycles. The Hall–Kier alpha value is -4.48. The molecule has 3 saturated carbocycles. The van der Waals surface area contributed by atoms with E-state index in [2.05, 4.69) is 33.8 Å². The number of nitrogens with one attached hydrogen (secondary N) is 3. The molecule has 16 nitrogen and oxygen atoms in total. The Kier molecular flexibility index (Phi) is 14.2. The van der Waals surface area contributed by atoms with Gasteiger partial charge in [0.05, 0.1) is 24.2 Å². The summed E-state index contributed by atoms with van der Waals surface area (Å²) in [5, 5.41) is 6.62. The summed E-state index contributed by atoms with van der Waals surface area (Å²) in [5.41, 5.74) is -0.949. The zero-order chi connectivity index (χ0) is 46.0. The molecular weight excluding hydrogens is 841 g/mol. The number of methoxy groups -OCH3 is 1. The lowest BCUT2D eigenvalue weighted by Crippen LogP contribution is -2.60. The largest absolute Gasteiger partial charge is 0.491 e. The number of fused-ring (bicyclic) bond motifs is 5. The molecule has 1 unspecified atom stereocenters. The number of carbonyl (C=O) groups is 4. The zero-order valence-corrected chi connectivity index (χ0v) is 39.2. The van der Waals surface area contributed by atoms with Gasteiger partial charge < -0.3 is 39.4 Å². The molecule has 7 rings (SSSR count). The number of para-hydroxylation sites is 1. The molecule has 4 amide bonds. The van der Waals surface area contributed by atoms with Crippen molar-refractivity contribution in [3.05, 3.63) is 42.5 Å². The van der Waals surface area contributed by atoms with E-state index in [4.69, 9.17) is 23.9 Å². The first kappa shape index (κ1) is 47.5. The Morgan fingerprint density at radius 2 is 1.84 bits per heavy atom. The van der Waals surface area contributed by atoms with Gasteiger partial charge in [0.25, 0.3) is 5.91 Å². The number of alkyl carbamates (subject to hydrolysis) is 1. The molecule has 1 saturated heterocycles. The van der Waals surface area contributed by atoms with Crippen LogP contribution >= 0.6 is 0 Å². The minimum absolute atomic E-state index is 0.0137. The minimum atomic E-state index is -4.16. The van der Waals surface area contributed by atoms with Crippen LogP contribution in [0.2, 0.25) is 0 Å². The fourth-order valence-electron chi connectivity index (χ4n) is 9.71. The smallest absolute Gasteiger partial charge is 0.408 e. The van der Waals surface area contributed by atoms with Crippen LogP contribution in [0.1, 0.15) is 104 Å². The van der Waals surface area contributed by atoms with E-state index in [0.717, 1.165) is 62.4 Å². The molecule has 7 atom stereocenters. The maximum atomic E-state index is 15.0. The Labute approximate surface area is 378 Å². The van der Waals surface area contributed by atoms with Crippen LogP contribution < -0.4 is 24.8 Å². The maximum Gasteiger partial charge on any atom is 0.408 e. The first-order chi connectivity index (χ1) is 30.5. The number of likely N-dealkylation sites (N-methyl/N-ethyl adjacent to an activating group) is 1. The molecule has 3 N–H and O–H groups in total. The highest BCUT2D eigenvalue weighted by Crippen LogP contribution is 2.48. The molecule has 5 aliphatic rings. The van der Waals surface area contributed by atoms with E-state index in [-0.39, 0.29) is 38.0 Å². The average molecular weight is 909 g/mol. The van der Waals surface area contributed by atoms with E-state index < -0.39 is 73.6 Å². The molecule has 0 spiro atoms. The quantitative estimate of drug-likeness (QED) is 0.228. The van der Waals surface area contributed by atoms with Crippen molar-refractivity contribution in [2.24, 2.45) is 17.3 Å². The van der Waals surface area contributed by atoms with Crippen LogP contribution in [0.3, 0.4) is 0 Å². The van der Waals surface area contributed by atoms with Crippen molar-refractivity contribution >= 4 is 44.7 Å². The van der Waals surface area contributed by atoms with Gasteiger partial charge >= 0.3 is 6.09 Å². The fourth-order valence-corrected chi connectivity index (χ4v) is 11.3.